The van der Waals surface area contributed by atoms with E-state index in [4.69, 9.17) is 4.74 Å². The van der Waals surface area contributed by atoms with Crippen molar-refractivity contribution in [2.45, 2.75) is 62.4 Å². The zero-order valence-corrected chi connectivity index (χ0v) is 16.6. The SMILES string of the molecule is CC[N@@+]12CCC[C@@]34CC[C@@]5(Nc6ccccc6[C@]5(CC1)[C@H]32)[C@H](C(=O)OC)C4. The number of esters is 1. The van der Waals surface area contributed by atoms with E-state index in [0.717, 1.165) is 12.8 Å². The Balaban J connectivity index is 1.66. The summed E-state index contributed by atoms with van der Waals surface area (Å²) in [6.07, 6.45) is 7.23. The maximum absolute atomic E-state index is 13.1. The Bertz CT molecular complexity index is 839. The van der Waals surface area contributed by atoms with Crippen molar-refractivity contribution in [2.75, 3.05) is 32.1 Å². The second kappa shape index (κ2) is 4.89. The van der Waals surface area contributed by atoms with Gasteiger partial charge in [-0.15, -0.1) is 0 Å². The topological polar surface area (TPSA) is 38.3 Å². The van der Waals surface area contributed by atoms with Crippen LogP contribution in [0.25, 0.3) is 0 Å². The van der Waals surface area contributed by atoms with Crippen molar-refractivity contribution in [2.24, 2.45) is 11.3 Å². The number of nitrogens with zero attached hydrogens (tertiary/aromatic N) is 1. The van der Waals surface area contributed by atoms with Crippen LogP contribution in [0.15, 0.2) is 24.3 Å². The molecule has 6 atom stereocenters. The fourth-order valence-electron chi connectivity index (χ4n) is 9.07. The molecule has 1 N–H and O–H groups in total. The zero-order chi connectivity index (χ0) is 18.5. The van der Waals surface area contributed by atoms with Gasteiger partial charge in [0.1, 0.15) is 6.04 Å². The molecule has 4 nitrogen and oxygen atoms in total. The summed E-state index contributed by atoms with van der Waals surface area (Å²) in [6.45, 7) is 6.23. The minimum Gasteiger partial charge on any atom is -0.469 e. The number of nitrogens with one attached hydrogen (secondary N) is 1. The van der Waals surface area contributed by atoms with E-state index in [1.807, 2.05) is 0 Å². The lowest BCUT2D eigenvalue weighted by atomic mass is 9.38. The quantitative estimate of drug-likeness (QED) is 0.643. The predicted octanol–water partition coefficient (Wildman–Crippen LogP) is 3.46. The molecule has 3 spiro atoms. The van der Waals surface area contributed by atoms with Crippen LogP contribution in [0.3, 0.4) is 0 Å². The molecular formula is C23H31N2O2+. The number of fused-ring (bicyclic) bond motifs is 3. The zero-order valence-electron chi connectivity index (χ0n) is 16.6. The summed E-state index contributed by atoms with van der Waals surface area (Å²) in [5.41, 5.74) is 3.04. The molecule has 0 amide bonds. The lowest BCUT2D eigenvalue weighted by molar-refractivity contribution is -0.955. The van der Waals surface area contributed by atoms with Crippen LogP contribution in [-0.4, -0.2) is 48.8 Å². The number of hydrogen-bond donors (Lipinski definition) is 1. The molecular weight excluding hydrogens is 336 g/mol. The van der Waals surface area contributed by atoms with Crippen molar-refractivity contribution < 1.29 is 14.0 Å². The summed E-state index contributed by atoms with van der Waals surface area (Å²) in [6, 6.07) is 9.62. The summed E-state index contributed by atoms with van der Waals surface area (Å²) >= 11 is 0. The fraction of sp³-hybridized carbons (Fsp3) is 0.696. The Hall–Kier alpha value is -1.55. The van der Waals surface area contributed by atoms with Gasteiger partial charge in [-0.05, 0) is 50.7 Å². The Labute approximate surface area is 161 Å². The number of piperidine rings is 1. The number of likely N-dealkylation sites (N-methyl/N-ethyl adjacent to an activating group) is 1. The summed E-state index contributed by atoms with van der Waals surface area (Å²) < 4.78 is 6.67. The molecule has 0 unspecified atom stereocenters. The Morgan fingerprint density at radius 3 is 2.89 bits per heavy atom. The van der Waals surface area contributed by atoms with Crippen LogP contribution in [-0.2, 0) is 14.9 Å². The van der Waals surface area contributed by atoms with Crippen LogP contribution < -0.4 is 5.32 Å². The number of methoxy groups -OCH3 is 1. The standard InChI is InChI=1S/C23H31N2O2/c1-3-25-13-6-9-21-10-11-23(17(15-21)19(26)27-2)22(12-14-25,20(21)25)16-7-4-5-8-18(16)24-23/h4-5,7-8,17,20,24H,3,6,9-15H2,1-2H3/q+1/t17-,20-,21-,22+,23+,25+/m0/s1. The lowest BCUT2D eigenvalue weighted by Crippen LogP contribution is -2.80. The van der Waals surface area contributed by atoms with Crippen LogP contribution in [0.2, 0.25) is 0 Å². The number of anilines is 1. The summed E-state index contributed by atoms with van der Waals surface area (Å²) in [5, 5.41) is 3.98. The van der Waals surface area contributed by atoms with E-state index in [9.17, 15) is 4.79 Å². The van der Waals surface area contributed by atoms with Gasteiger partial charge in [0, 0.05) is 17.5 Å². The minimum atomic E-state index is -0.150. The first kappa shape index (κ1) is 16.4. The fourth-order valence-corrected chi connectivity index (χ4v) is 9.07. The van der Waals surface area contributed by atoms with Crippen molar-refractivity contribution in [3.05, 3.63) is 29.8 Å². The highest BCUT2D eigenvalue weighted by Gasteiger charge is 2.83. The molecule has 3 saturated carbocycles. The number of ether oxygens (including phenoxy) is 1. The normalized spacial score (nSPS) is 48.4. The highest BCUT2D eigenvalue weighted by Crippen LogP contribution is 2.75. The van der Waals surface area contributed by atoms with Gasteiger partial charge in [-0.25, -0.2) is 0 Å². The molecule has 2 bridgehead atoms. The average molecular weight is 368 g/mol. The van der Waals surface area contributed by atoms with Gasteiger partial charge in [0.15, 0.2) is 0 Å². The second-order valence-electron chi connectivity index (χ2n) is 9.99. The molecule has 144 valence electrons. The molecule has 3 heterocycles. The van der Waals surface area contributed by atoms with E-state index < -0.39 is 0 Å². The van der Waals surface area contributed by atoms with E-state index in [1.54, 1.807) is 7.11 Å². The number of hydrogen-bond acceptors (Lipinski definition) is 3. The first-order valence-electron chi connectivity index (χ1n) is 10.9. The van der Waals surface area contributed by atoms with E-state index in [0.29, 0.717) is 11.5 Å². The molecule has 4 heteroatoms. The first-order valence-corrected chi connectivity index (χ1v) is 10.9. The first-order chi connectivity index (χ1) is 13.1. The Morgan fingerprint density at radius 2 is 2.07 bits per heavy atom. The molecule has 3 aliphatic heterocycles. The van der Waals surface area contributed by atoms with E-state index >= 15 is 0 Å². The Morgan fingerprint density at radius 1 is 1.22 bits per heavy atom. The van der Waals surface area contributed by atoms with Gasteiger partial charge < -0.3 is 14.5 Å². The summed E-state index contributed by atoms with van der Waals surface area (Å²) in [5.74, 6) is -0.00543. The van der Waals surface area contributed by atoms with Crippen LogP contribution in [0.1, 0.15) is 51.0 Å². The van der Waals surface area contributed by atoms with Gasteiger partial charge in [0.25, 0.3) is 0 Å². The molecule has 2 saturated heterocycles. The van der Waals surface area contributed by atoms with E-state index in [1.165, 1.54) is 61.1 Å². The number of para-hydroxylation sites is 1. The van der Waals surface area contributed by atoms with Gasteiger partial charge in [-0.3, -0.25) is 4.79 Å². The van der Waals surface area contributed by atoms with Crippen LogP contribution in [0.4, 0.5) is 5.69 Å². The molecule has 6 aliphatic rings. The van der Waals surface area contributed by atoms with Crippen molar-refractivity contribution in [3.8, 4) is 0 Å². The Kier molecular flexibility index (Phi) is 2.97. The molecule has 5 fully saturated rings. The third-order valence-corrected chi connectivity index (χ3v) is 9.72. The van der Waals surface area contributed by atoms with Gasteiger partial charge in [0.05, 0.1) is 43.6 Å². The number of benzene rings is 1. The number of carbonyl (C=O) groups is 1. The second-order valence-corrected chi connectivity index (χ2v) is 9.99. The monoisotopic (exact) mass is 367 g/mol. The molecule has 1 aromatic carbocycles. The largest absolute Gasteiger partial charge is 0.469 e. The molecule has 27 heavy (non-hydrogen) atoms. The lowest BCUT2D eigenvalue weighted by Gasteiger charge is -2.69. The van der Waals surface area contributed by atoms with Crippen LogP contribution in [0, 0.1) is 11.3 Å². The van der Waals surface area contributed by atoms with E-state index in [-0.39, 0.29) is 22.8 Å². The minimum absolute atomic E-state index is 0.0132. The summed E-state index contributed by atoms with van der Waals surface area (Å²) in [7, 11) is 1.58. The van der Waals surface area contributed by atoms with E-state index in [2.05, 4.69) is 36.5 Å². The summed E-state index contributed by atoms with van der Waals surface area (Å²) in [4.78, 5) is 13.1. The van der Waals surface area contributed by atoms with Gasteiger partial charge in [-0.1, -0.05) is 18.2 Å². The highest BCUT2D eigenvalue weighted by molar-refractivity contribution is 5.80. The predicted molar refractivity (Wildman–Crippen MR) is 104 cm³/mol. The van der Waals surface area contributed by atoms with Crippen LogP contribution in [0.5, 0.6) is 0 Å². The molecule has 3 aliphatic carbocycles. The maximum Gasteiger partial charge on any atom is 0.311 e. The van der Waals surface area contributed by atoms with Gasteiger partial charge in [-0.2, -0.15) is 0 Å². The number of rotatable bonds is 2. The van der Waals surface area contributed by atoms with Crippen molar-refractivity contribution >= 4 is 11.7 Å². The molecule has 0 radical (unpaired) electrons. The number of quaternary nitrogens is 1. The van der Waals surface area contributed by atoms with Crippen molar-refractivity contribution in [1.29, 1.82) is 0 Å². The average Bonchev–Trinajstić information content (AvgIpc) is 3.23. The molecule has 1 aromatic rings. The van der Waals surface area contributed by atoms with Crippen LogP contribution >= 0.6 is 0 Å². The smallest absolute Gasteiger partial charge is 0.311 e. The van der Waals surface area contributed by atoms with Gasteiger partial charge in [0.2, 0.25) is 0 Å². The third-order valence-electron chi connectivity index (χ3n) is 9.72. The number of carbonyl (C=O) groups excluding carboxylic acids is 1. The maximum atomic E-state index is 13.1. The molecule has 0 aromatic heterocycles. The van der Waals surface area contributed by atoms with Crippen molar-refractivity contribution in [3.63, 3.8) is 0 Å². The third kappa shape index (κ3) is 1.54. The molecule has 7 rings (SSSR count). The highest BCUT2D eigenvalue weighted by atomic mass is 16.5. The van der Waals surface area contributed by atoms with Gasteiger partial charge >= 0.3 is 5.97 Å². The van der Waals surface area contributed by atoms with Crippen molar-refractivity contribution in [1.82, 2.24) is 0 Å².